The van der Waals surface area contributed by atoms with Crippen molar-refractivity contribution in [1.82, 2.24) is 10.6 Å². The fourth-order valence-electron chi connectivity index (χ4n) is 1.13. The van der Waals surface area contributed by atoms with Crippen LogP contribution in [0.3, 0.4) is 0 Å². The largest absolute Gasteiger partial charge is 0.378 e. The quantitative estimate of drug-likeness (QED) is 0.373. The second kappa shape index (κ2) is 12.5. The molecule has 0 bridgehead atoms. The van der Waals surface area contributed by atoms with E-state index in [1.807, 2.05) is 7.05 Å². The molecule has 0 spiro atoms. The van der Waals surface area contributed by atoms with Crippen molar-refractivity contribution >= 4 is 11.7 Å². The molecule has 0 aromatic carbocycles. The zero-order valence-electron chi connectivity index (χ0n) is 11.3. The Morgan fingerprint density at radius 3 is 2.17 bits per heavy atom. The van der Waals surface area contributed by atoms with Crippen LogP contribution in [0.1, 0.15) is 19.8 Å². The molecular formula is C12H24N2O4. The number of ether oxygens (including phenoxy) is 2. The van der Waals surface area contributed by atoms with Crippen LogP contribution in [0.5, 0.6) is 0 Å². The Hall–Kier alpha value is -0.980. The summed E-state index contributed by atoms with van der Waals surface area (Å²) in [5.74, 6) is -0.290. The van der Waals surface area contributed by atoms with E-state index in [9.17, 15) is 9.59 Å². The summed E-state index contributed by atoms with van der Waals surface area (Å²) in [4.78, 5) is 22.2. The lowest BCUT2D eigenvalue weighted by Crippen LogP contribution is -2.29. The molecule has 0 fully saturated rings. The van der Waals surface area contributed by atoms with Crippen LogP contribution in [-0.4, -0.2) is 58.3 Å². The third-order valence-corrected chi connectivity index (χ3v) is 2.19. The number of carbonyl (C=O) groups is 2. The minimum Gasteiger partial charge on any atom is -0.378 e. The molecule has 0 aromatic rings. The highest BCUT2D eigenvalue weighted by Gasteiger charge is 2.05. The number of hydrogen-bond acceptors (Lipinski definition) is 5. The van der Waals surface area contributed by atoms with Crippen molar-refractivity contribution in [1.29, 1.82) is 0 Å². The highest BCUT2D eigenvalue weighted by atomic mass is 16.5. The maximum absolute atomic E-state index is 11.2. The molecule has 0 aliphatic rings. The predicted octanol–water partition coefficient (Wildman–Crippen LogP) is -0.276. The second-order valence-electron chi connectivity index (χ2n) is 3.75. The molecule has 0 radical (unpaired) electrons. The first-order valence-electron chi connectivity index (χ1n) is 6.29. The molecule has 0 saturated carbocycles. The Kier molecular flexibility index (Phi) is 11.8. The zero-order chi connectivity index (χ0) is 13.6. The summed E-state index contributed by atoms with van der Waals surface area (Å²) in [7, 11) is 1.87. The molecule has 0 rings (SSSR count). The van der Waals surface area contributed by atoms with Crippen LogP contribution >= 0.6 is 0 Å². The van der Waals surface area contributed by atoms with Crippen molar-refractivity contribution < 1.29 is 19.1 Å². The van der Waals surface area contributed by atoms with E-state index in [-0.39, 0.29) is 18.1 Å². The van der Waals surface area contributed by atoms with Gasteiger partial charge in [-0.25, -0.2) is 0 Å². The average Bonchev–Trinajstić information content (AvgIpc) is 2.36. The monoisotopic (exact) mass is 260 g/mol. The van der Waals surface area contributed by atoms with Crippen LogP contribution < -0.4 is 10.6 Å². The number of ketones is 1. The van der Waals surface area contributed by atoms with Gasteiger partial charge >= 0.3 is 0 Å². The molecule has 6 nitrogen and oxygen atoms in total. The minimum absolute atomic E-state index is 0.0381. The number of likely N-dealkylation sites (N-methyl/N-ethyl adjacent to an activating group) is 1. The summed E-state index contributed by atoms with van der Waals surface area (Å²) in [6.45, 7) is 5.13. The van der Waals surface area contributed by atoms with Gasteiger partial charge in [0.25, 0.3) is 0 Å². The molecule has 2 N–H and O–H groups in total. The van der Waals surface area contributed by atoms with E-state index < -0.39 is 0 Å². The topological polar surface area (TPSA) is 76.7 Å². The molecule has 0 atom stereocenters. The van der Waals surface area contributed by atoms with E-state index in [1.54, 1.807) is 6.92 Å². The van der Waals surface area contributed by atoms with Gasteiger partial charge in [0.2, 0.25) is 5.91 Å². The minimum atomic E-state index is -0.240. The number of nitrogens with one attached hydrogen (secondary N) is 2. The van der Waals surface area contributed by atoms with Crippen molar-refractivity contribution in [3.8, 4) is 0 Å². The van der Waals surface area contributed by atoms with Crippen LogP contribution in [0.4, 0.5) is 0 Å². The molecule has 0 heterocycles. The fourth-order valence-corrected chi connectivity index (χ4v) is 1.13. The lowest BCUT2D eigenvalue weighted by atomic mass is 10.2. The molecule has 0 aliphatic heterocycles. The molecule has 6 heteroatoms. The molecule has 0 unspecified atom stereocenters. The molecule has 0 aromatic heterocycles. The summed E-state index contributed by atoms with van der Waals surface area (Å²) in [5, 5.41) is 5.59. The fraction of sp³-hybridized carbons (Fsp3) is 0.833. The molecule has 106 valence electrons. The van der Waals surface area contributed by atoms with Crippen LogP contribution in [0, 0.1) is 0 Å². The van der Waals surface area contributed by atoms with E-state index in [4.69, 9.17) is 9.47 Å². The first-order chi connectivity index (χ1) is 8.70. The standard InChI is InChI=1S/C12H24N2O4/c1-3-11(15)10-12(16)14-5-7-18-9-8-17-6-4-13-2/h13H,3-10H2,1-2H3,(H,14,16). The van der Waals surface area contributed by atoms with Crippen LogP contribution in [0.2, 0.25) is 0 Å². The molecule has 1 amide bonds. The summed E-state index contributed by atoms with van der Waals surface area (Å²) in [6.07, 6.45) is 0.359. The number of Topliss-reactive ketones (excluding diaryl/α,β-unsaturated/α-hetero) is 1. The summed E-state index contributed by atoms with van der Waals surface area (Å²) < 4.78 is 10.5. The van der Waals surface area contributed by atoms with E-state index in [0.717, 1.165) is 6.54 Å². The molecule has 0 saturated heterocycles. The second-order valence-corrected chi connectivity index (χ2v) is 3.75. The van der Waals surface area contributed by atoms with Gasteiger partial charge in [0.1, 0.15) is 5.78 Å². The Labute approximate surface area is 108 Å². The highest BCUT2D eigenvalue weighted by Crippen LogP contribution is 1.88. The third kappa shape index (κ3) is 11.5. The lowest BCUT2D eigenvalue weighted by Gasteiger charge is -2.06. The van der Waals surface area contributed by atoms with Crippen molar-refractivity contribution in [2.45, 2.75) is 19.8 Å². The van der Waals surface area contributed by atoms with Crippen molar-refractivity contribution in [3.63, 3.8) is 0 Å². The highest BCUT2D eigenvalue weighted by molar-refractivity contribution is 5.97. The Bertz CT molecular complexity index is 234. The van der Waals surface area contributed by atoms with Gasteiger partial charge in [0.05, 0.1) is 32.8 Å². The normalized spacial score (nSPS) is 10.3. The summed E-state index contributed by atoms with van der Waals surface area (Å²) in [6, 6.07) is 0. The smallest absolute Gasteiger partial charge is 0.227 e. The maximum Gasteiger partial charge on any atom is 0.227 e. The summed E-state index contributed by atoms with van der Waals surface area (Å²) in [5.41, 5.74) is 0. The number of hydrogen-bond donors (Lipinski definition) is 2. The van der Waals surface area contributed by atoms with E-state index in [1.165, 1.54) is 0 Å². The van der Waals surface area contributed by atoms with Gasteiger partial charge < -0.3 is 20.1 Å². The molecule has 0 aliphatic carbocycles. The van der Waals surface area contributed by atoms with Gasteiger partial charge in [0, 0.05) is 19.5 Å². The van der Waals surface area contributed by atoms with Crippen LogP contribution in [0.25, 0.3) is 0 Å². The first kappa shape index (κ1) is 17.0. The zero-order valence-corrected chi connectivity index (χ0v) is 11.3. The average molecular weight is 260 g/mol. The van der Waals surface area contributed by atoms with Crippen LogP contribution in [-0.2, 0) is 19.1 Å². The number of amides is 1. The van der Waals surface area contributed by atoms with E-state index >= 15 is 0 Å². The van der Waals surface area contributed by atoms with Gasteiger partial charge in [-0.15, -0.1) is 0 Å². The Morgan fingerprint density at radius 1 is 1.00 bits per heavy atom. The van der Waals surface area contributed by atoms with Crippen molar-refractivity contribution in [2.24, 2.45) is 0 Å². The SMILES string of the molecule is CCC(=O)CC(=O)NCCOCCOCCNC. The lowest BCUT2D eigenvalue weighted by molar-refractivity contribution is -0.128. The van der Waals surface area contributed by atoms with Crippen molar-refractivity contribution in [3.05, 3.63) is 0 Å². The van der Waals surface area contributed by atoms with Crippen LogP contribution in [0.15, 0.2) is 0 Å². The summed E-state index contributed by atoms with van der Waals surface area (Å²) >= 11 is 0. The Morgan fingerprint density at radius 2 is 1.61 bits per heavy atom. The van der Waals surface area contributed by atoms with Gasteiger partial charge in [-0.3, -0.25) is 9.59 Å². The van der Waals surface area contributed by atoms with Gasteiger partial charge in [-0.2, -0.15) is 0 Å². The predicted molar refractivity (Wildman–Crippen MR) is 68.5 cm³/mol. The third-order valence-electron chi connectivity index (χ3n) is 2.19. The maximum atomic E-state index is 11.2. The molecular weight excluding hydrogens is 236 g/mol. The first-order valence-corrected chi connectivity index (χ1v) is 6.29. The molecule has 18 heavy (non-hydrogen) atoms. The van der Waals surface area contributed by atoms with Gasteiger partial charge in [-0.05, 0) is 7.05 Å². The van der Waals surface area contributed by atoms with Gasteiger partial charge in [-0.1, -0.05) is 6.92 Å². The van der Waals surface area contributed by atoms with E-state index in [2.05, 4.69) is 10.6 Å². The van der Waals surface area contributed by atoms with Crippen molar-refractivity contribution in [2.75, 3.05) is 46.6 Å². The number of rotatable bonds is 12. The number of carbonyl (C=O) groups excluding carboxylic acids is 2. The van der Waals surface area contributed by atoms with E-state index in [0.29, 0.717) is 39.4 Å². The van der Waals surface area contributed by atoms with Gasteiger partial charge in [0.15, 0.2) is 0 Å². The Balaban J connectivity index is 3.20.